The topological polar surface area (TPSA) is 120 Å². The number of hydrogen-bond donors (Lipinski definition) is 2. The van der Waals surface area contributed by atoms with Gasteiger partial charge in [-0.25, -0.2) is 17.9 Å². The maximum absolute atomic E-state index is 12.3. The Morgan fingerprint density at radius 2 is 1.47 bits per heavy atom. The molecule has 2 aromatic carbocycles. The fourth-order valence-corrected chi connectivity index (χ4v) is 3.41. The van der Waals surface area contributed by atoms with Gasteiger partial charge in [-0.05, 0) is 43.3 Å². The van der Waals surface area contributed by atoms with Gasteiger partial charge in [-0.3, -0.25) is 0 Å². The van der Waals surface area contributed by atoms with E-state index >= 15 is 0 Å². The van der Waals surface area contributed by atoms with Crippen molar-refractivity contribution in [1.29, 1.82) is 0 Å². The fourth-order valence-electron chi connectivity index (χ4n) is 2.50. The fraction of sp³-hybridized carbons (Fsp3) is 0.150. The summed E-state index contributed by atoms with van der Waals surface area (Å²) in [6.07, 6.45) is 0. The molecule has 9 nitrogen and oxygen atoms in total. The molecular weight excluding hydrogens is 408 g/mol. The Labute approximate surface area is 174 Å². The summed E-state index contributed by atoms with van der Waals surface area (Å²) in [5.74, 6) is 1.07. The van der Waals surface area contributed by atoms with Crippen LogP contribution in [-0.2, 0) is 10.0 Å². The number of hydrogen-bond acceptors (Lipinski definition) is 7. The number of carbonyl (C=O) groups excluding carboxylic acids is 1. The number of nitrogens with zero attached hydrogens (tertiary/aromatic N) is 2. The summed E-state index contributed by atoms with van der Waals surface area (Å²) in [4.78, 5) is 20.6. The van der Waals surface area contributed by atoms with Gasteiger partial charge >= 0.3 is 6.03 Å². The van der Waals surface area contributed by atoms with Gasteiger partial charge in [0.2, 0.25) is 11.8 Å². The van der Waals surface area contributed by atoms with Gasteiger partial charge in [0.25, 0.3) is 10.0 Å². The van der Waals surface area contributed by atoms with Crippen molar-refractivity contribution in [3.8, 4) is 23.1 Å². The molecule has 0 atom stereocenters. The number of benzene rings is 2. The number of methoxy groups -OCH3 is 2. The predicted molar refractivity (Wildman–Crippen MR) is 111 cm³/mol. The highest BCUT2D eigenvalue weighted by Crippen LogP contribution is 2.23. The van der Waals surface area contributed by atoms with Crippen molar-refractivity contribution in [2.45, 2.75) is 11.8 Å². The summed E-state index contributed by atoms with van der Waals surface area (Å²) in [5.41, 5.74) is 1.96. The molecule has 156 valence electrons. The molecule has 0 saturated heterocycles. The lowest BCUT2D eigenvalue weighted by Crippen LogP contribution is -2.34. The first kappa shape index (κ1) is 21.1. The lowest BCUT2D eigenvalue weighted by atomic mass is 10.2. The predicted octanol–water partition coefficient (Wildman–Crippen LogP) is 2.98. The monoisotopic (exact) mass is 428 g/mol. The first-order valence-electron chi connectivity index (χ1n) is 8.78. The van der Waals surface area contributed by atoms with Gasteiger partial charge in [-0.1, -0.05) is 17.7 Å². The van der Waals surface area contributed by atoms with Crippen LogP contribution >= 0.6 is 0 Å². The van der Waals surface area contributed by atoms with Crippen LogP contribution < -0.4 is 19.5 Å². The number of amides is 2. The van der Waals surface area contributed by atoms with E-state index in [1.807, 2.05) is 11.6 Å². The van der Waals surface area contributed by atoms with Crippen LogP contribution in [0, 0.1) is 6.92 Å². The number of anilines is 1. The third-order valence-corrected chi connectivity index (χ3v) is 5.40. The minimum atomic E-state index is -3.97. The van der Waals surface area contributed by atoms with Gasteiger partial charge < -0.3 is 14.8 Å². The highest BCUT2D eigenvalue weighted by atomic mass is 32.2. The van der Waals surface area contributed by atoms with Crippen molar-refractivity contribution < 1.29 is 22.7 Å². The number of urea groups is 1. The molecular formula is C20H20N4O5S. The van der Waals surface area contributed by atoms with Crippen molar-refractivity contribution in [2.75, 3.05) is 19.5 Å². The molecule has 0 spiro atoms. The van der Waals surface area contributed by atoms with Gasteiger partial charge in [0.15, 0.2) is 5.82 Å². The molecule has 3 rings (SSSR count). The second-order valence-electron chi connectivity index (χ2n) is 6.23. The zero-order valence-corrected chi connectivity index (χ0v) is 17.4. The molecule has 1 heterocycles. The number of aryl methyl sites for hydroxylation is 1. The molecule has 0 bridgehead atoms. The number of carbonyl (C=O) groups is 1. The van der Waals surface area contributed by atoms with Crippen LogP contribution in [0.1, 0.15) is 5.56 Å². The number of nitrogens with one attached hydrogen (secondary N) is 2. The summed E-state index contributed by atoms with van der Waals surface area (Å²) in [6, 6.07) is 13.4. The van der Waals surface area contributed by atoms with Crippen LogP contribution in [0.25, 0.3) is 11.4 Å². The Balaban J connectivity index is 1.71. The normalized spacial score (nSPS) is 10.9. The van der Waals surface area contributed by atoms with Crippen molar-refractivity contribution in [1.82, 2.24) is 14.7 Å². The lowest BCUT2D eigenvalue weighted by Gasteiger charge is -2.10. The van der Waals surface area contributed by atoms with E-state index < -0.39 is 16.1 Å². The molecule has 0 saturated carbocycles. The molecule has 1 aromatic heterocycles. The zero-order valence-electron chi connectivity index (χ0n) is 16.5. The molecule has 0 aliphatic rings. The molecule has 0 aliphatic carbocycles. The van der Waals surface area contributed by atoms with E-state index in [-0.39, 0.29) is 4.90 Å². The number of ether oxygens (including phenoxy) is 2. The highest BCUT2D eigenvalue weighted by Gasteiger charge is 2.17. The molecule has 0 unspecified atom stereocenters. The summed E-state index contributed by atoms with van der Waals surface area (Å²) in [5, 5.41) is 2.48. The van der Waals surface area contributed by atoms with Crippen LogP contribution in [0.2, 0.25) is 0 Å². The van der Waals surface area contributed by atoms with Crippen LogP contribution in [0.5, 0.6) is 11.8 Å². The van der Waals surface area contributed by atoms with Crippen molar-refractivity contribution in [2.24, 2.45) is 0 Å². The minimum Gasteiger partial charge on any atom is -0.481 e. The van der Waals surface area contributed by atoms with E-state index in [1.165, 1.54) is 26.4 Å². The average molecular weight is 428 g/mol. The number of aromatic nitrogens is 2. The first-order chi connectivity index (χ1) is 14.3. The third-order valence-electron chi connectivity index (χ3n) is 4.06. The summed E-state index contributed by atoms with van der Waals surface area (Å²) >= 11 is 0. The Morgan fingerprint density at radius 3 is 2.00 bits per heavy atom. The van der Waals surface area contributed by atoms with Crippen LogP contribution in [0.4, 0.5) is 10.5 Å². The zero-order chi connectivity index (χ0) is 21.7. The van der Waals surface area contributed by atoms with Gasteiger partial charge in [0.05, 0.1) is 25.2 Å². The van der Waals surface area contributed by atoms with Gasteiger partial charge in [0.1, 0.15) is 0 Å². The van der Waals surface area contributed by atoms with Gasteiger partial charge in [0, 0.05) is 11.3 Å². The van der Waals surface area contributed by atoms with Crippen LogP contribution in [0.15, 0.2) is 59.5 Å². The number of sulfonamides is 1. The Bertz CT molecular complexity index is 1120. The second kappa shape index (κ2) is 8.78. The molecule has 30 heavy (non-hydrogen) atoms. The standard InChI is InChI=1S/C20H20N4O5S/c1-13-4-10-16(11-5-13)30(26,27)24-20(25)21-15-8-6-14(7-9-15)19-22-17(28-2)12-18(23-19)29-3/h4-12H,1-3H3,(H2,21,24,25). The summed E-state index contributed by atoms with van der Waals surface area (Å²) < 4.78 is 36.8. The second-order valence-corrected chi connectivity index (χ2v) is 7.91. The SMILES string of the molecule is COc1cc(OC)nc(-c2ccc(NC(=O)NS(=O)(=O)c3ccc(C)cc3)cc2)n1. The molecule has 0 aliphatic heterocycles. The maximum Gasteiger partial charge on any atom is 0.333 e. The van der Waals surface area contributed by atoms with E-state index in [9.17, 15) is 13.2 Å². The molecule has 3 aromatic rings. The van der Waals surface area contributed by atoms with Gasteiger partial charge in [-0.15, -0.1) is 0 Å². The molecule has 10 heteroatoms. The molecule has 0 fully saturated rings. The van der Waals surface area contributed by atoms with Gasteiger partial charge in [-0.2, -0.15) is 9.97 Å². The van der Waals surface area contributed by atoms with Crippen LogP contribution in [-0.4, -0.2) is 38.6 Å². The maximum atomic E-state index is 12.3. The van der Waals surface area contributed by atoms with Crippen molar-refractivity contribution >= 4 is 21.7 Å². The van der Waals surface area contributed by atoms with Crippen LogP contribution in [0.3, 0.4) is 0 Å². The van der Waals surface area contributed by atoms with E-state index in [2.05, 4.69) is 15.3 Å². The Morgan fingerprint density at radius 1 is 0.900 bits per heavy atom. The molecule has 2 amide bonds. The smallest absolute Gasteiger partial charge is 0.333 e. The summed E-state index contributed by atoms with van der Waals surface area (Å²) in [7, 11) is -0.997. The van der Waals surface area contributed by atoms with E-state index in [0.717, 1.165) is 5.56 Å². The third kappa shape index (κ3) is 5.03. The quantitative estimate of drug-likeness (QED) is 0.619. The number of rotatable bonds is 6. The Hall–Kier alpha value is -3.66. The first-order valence-corrected chi connectivity index (χ1v) is 10.3. The van der Waals surface area contributed by atoms with E-state index in [4.69, 9.17) is 9.47 Å². The van der Waals surface area contributed by atoms with Crippen molar-refractivity contribution in [3.63, 3.8) is 0 Å². The Kier molecular flexibility index (Phi) is 6.17. The van der Waals surface area contributed by atoms with Crippen molar-refractivity contribution in [3.05, 3.63) is 60.2 Å². The molecule has 0 radical (unpaired) electrons. The lowest BCUT2D eigenvalue weighted by molar-refractivity contribution is 0.256. The molecule has 2 N–H and O–H groups in total. The minimum absolute atomic E-state index is 0.00252. The average Bonchev–Trinajstić information content (AvgIpc) is 2.73. The van der Waals surface area contributed by atoms with E-state index in [0.29, 0.717) is 28.8 Å². The largest absolute Gasteiger partial charge is 0.481 e. The van der Waals surface area contributed by atoms with E-state index in [1.54, 1.807) is 42.5 Å². The highest BCUT2D eigenvalue weighted by molar-refractivity contribution is 7.90. The summed E-state index contributed by atoms with van der Waals surface area (Å²) in [6.45, 7) is 1.84.